The smallest absolute Gasteiger partial charge is 0.145 e. The van der Waals surface area contributed by atoms with Gasteiger partial charge in [0, 0.05) is 13.6 Å². The maximum absolute atomic E-state index is 6.01. The molecule has 0 bridgehead atoms. The molecular formula is C5H13Cl3Si2. The molecule has 0 radical (unpaired) electrons. The van der Waals surface area contributed by atoms with Crippen molar-refractivity contribution >= 4 is 48.5 Å². The molecule has 0 fully saturated rings. The van der Waals surface area contributed by atoms with Crippen LogP contribution in [0.1, 0.15) is 0 Å². The first kappa shape index (κ1) is 11.3. The van der Waals surface area contributed by atoms with E-state index in [2.05, 4.69) is 19.6 Å². The number of hydrogen-bond acceptors (Lipinski definition) is 0. The molecule has 62 valence electrons. The van der Waals surface area contributed by atoms with Gasteiger partial charge in [-0.05, 0) is 5.67 Å². The minimum atomic E-state index is -2.04. The Bertz CT molecular complexity index is 108. The van der Waals surface area contributed by atoms with Crippen LogP contribution in [0, 0.1) is 0 Å². The molecule has 0 nitrogen and oxygen atoms in total. The molecule has 0 saturated heterocycles. The molecule has 0 amide bonds. The molecule has 0 saturated carbocycles. The van der Waals surface area contributed by atoms with E-state index in [1.807, 2.05) is 0 Å². The second kappa shape index (κ2) is 3.81. The van der Waals surface area contributed by atoms with Crippen molar-refractivity contribution < 1.29 is 0 Å². The van der Waals surface area contributed by atoms with Gasteiger partial charge in [0.05, 0.1) is 0 Å². The lowest BCUT2D eigenvalue weighted by Gasteiger charge is -2.22. The van der Waals surface area contributed by atoms with E-state index in [0.29, 0.717) is 5.50 Å². The van der Waals surface area contributed by atoms with Gasteiger partial charge < -0.3 is 0 Å². The fraction of sp³-hybridized carbons (Fsp3) is 1.00. The van der Waals surface area contributed by atoms with E-state index in [1.54, 1.807) is 0 Å². The van der Waals surface area contributed by atoms with Crippen molar-refractivity contribution in [2.45, 2.75) is 25.3 Å². The van der Waals surface area contributed by atoms with Crippen LogP contribution in [0.5, 0.6) is 0 Å². The highest BCUT2D eigenvalue weighted by atomic mass is 35.7. The summed E-state index contributed by atoms with van der Waals surface area (Å²) in [4.78, 5) is 0. The van der Waals surface area contributed by atoms with Gasteiger partial charge >= 0.3 is 0 Å². The monoisotopic (exact) mass is 234 g/mol. The van der Waals surface area contributed by atoms with Gasteiger partial charge in [0.15, 0.2) is 0 Å². The third-order valence-corrected chi connectivity index (χ3v) is 13.1. The van der Waals surface area contributed by atoms with Crippen molar-refractivity contribution in [3.63, 3.8) is 0 Å². The fourth-order valence-corrected chi connectivity index (χ4v) is 15.5. The minimum Gasteiger partial charge on any atom is -0.145 e. The highest BCUT2D eigenvalue weighted by Crippen LogP contribution is 2.27. The first-order valence-electron chi connectivity index (χ1n) is 3.21. The summed E-state index contributed by atoms with van der Waals surface area (Å²) in [5.41, 5.74) is 1.45. The van der Waals surface area contributed by atoms with Crippen LogP contribution in [0.3, 0.4) is 0 Å². The van der Waals surface area contributed by atoms with Crippen LogP contribution in [0.2, 0.25) is 25.3 Å². The van der Waals surface area contributed by atoms with Gasteiger partial charge in [-0.2, -0.15) is 0 Å². The number of halogens is 3. The van der Waals surface area contributed by atoms with Crippen LogP contribution < -0.4 is 0 Å². The predicted molar refractivity (Wildman–Crippen MR) is 56.3 cm³/mol. The number of hydrogen-bond donors (Lipinski definition) is 0. The third-order valence-electron chi connectivity index (χ3n) is 0.984. The Morgan fingerprint density at radius 2 is 1.50 bits per heavy atom. The zero-order chi connectivity index (χ0) is 8.41. The van der Waals surface area contributed by atoms with Gasteiger partial charge in [-0.1, -0.05) is 19.6 Å². The van der Waals surface area contributed by atoms with Crippen molar-refractivity contribution in [2.24, 2.45) is 0 Å². The molecule has 0 N–H and O–H groups in total. The molecule has 10 heavy (non-hydrogen) atoms. The Morgan fingerprint density at radius 1 is 1.10 bits per heavy atom. The van der Waals surface area contributed by atoms with Crippen molar-refractivity contribution in [1.82, 2.24) is 0 Å². The highest BCUT2D eigenvalue weighted by Gasteiger charge is 2.33. The number of rotatable bonds is 3. The van der Waals surface area contributed by atoms with Crippen LogP contribution in [-0.2, 0) is 0 Å². The second-order valence-corrected chi connectivity index (χ2v) is 18.0. The van der Waals surface area contributed by atoms with Gasteiger partial charge in [-0.15, -0.1) is 33.8 Å². The predicted octanol–water partition coefficient (Wildman–Crippen LogP) is 3.56. The quantitative estimate of drug-likeness (QED) is 0.399. The molecule has 0 aromatic carbocycles. The van der Waals surface area contributed by atoms with Crippen LogP contribution in [0.4, 0.5) is 0 Å². The molecule has 0 aromatic heterocycles. The molecule has 0 unspecified atom stereocenters. The summed E-state index contributed by atoms with van der Waals surface area (Å²) in [6.45, 7) is 4.73. The molecular weight excluding hydrogens is 223 g/mol. The Labute approximate surface area is 79.3 Å². The number of alkyl halides is 1. The lowest BCUT2D eigenvalue weighted by molar-refractivity contribution is 1.60. The van der Waals surface area contributed by atoms with Gasteiger partial charge in [-0.25, -0.2) is 0 Å². The van der Waals surface area contributed by atoms with E-state index >= 15 is 0 Å². The van der Waals surface area contributed by atoms with E-state index in [4.69, 9.17) is 33.8 Å². The standard InChI is InChI=1S/C5H13Cl3Si2/c1-9(2,3)5-10(7,8)4-6/h4-5H2,1-3H3. The molecule has 0 aliphatic heterocycles. The molecule has 0 aliphatic rings. The summed E-state index contributed by atoms with van der Waals surface area (Å²) in [5, 5.41) is 0. The van der Waals surface area contributed by atoms with Crippen molar-refractivity contribution in [2.75, 3.05) is 5.50 Å². The summed E-state index contributed by atoms with van der Waals surface area (Å²) in [7, 11) is -1.10. The Morgan fingerprint density at radius 3 is 1.60 bits per heavy atom. The summed E-state index contributed by atoms with van der Waals surface area (Å²) in [5.74, 6) is 0. The highest BCUT2D eigenvalue weighted by molar-refractivity contribution is 7.48. The van der Waals surface area contributed by atoms with Crippen molar-refractivity contribution in [3.8, 4) is 0 Å². The normalized spacial score (nSPS) is 13.8. The minimum absolute atomic E-state index is 0.459. The third kappa shape index (κ3) is 6.04. The topological polar surface area (TPSA) is 0 Å². The second-order valence-electron chi connectivity index (χ2n) is 3.73. The van der Waals surface area contributed by atoms with Crippen molar-refractivity contribution in [1.29, 1.82) is 0 Å². The summed E-state index contributed by atoms with van der Waals surface area (Å²) >= 11 is 17.6. The van der Waals surface area contributed by atoms with Crippen LogP contribution in [0.25, 0.3) is 0 Å². The summed E-state index contributed by atoms with van der Waals surface area (Å²) in [6.07, 6.45) is 0. The molecule has 5 heteroatoms. The lowest BCUT2D eigenvalue weighted by Crippen LogP contribution is -2.35. The largest absolute Gasteiger partial charge is 0.263 e. The summed E-state index contributed by atoms with van der Waals surface area (Å²) in [6, 6.07) is 0. The average Bonchev–Trinajstić information content (AvgIpc) is 1.60. The van der Waals surface area contributed by atoms with E-state index in [0.717, 1.165) is 5.67 Å². The van der Waals surface area contributed by atoms with Crippen LogP contribution >= 0.6 is 33.8 Å². The summed E-state index contributed by atoms with van der Waals surface area (Å²) < 4.78 is 0. The lowest BCUT2D eigenvalue weighted by atomic mass is 11.7. The first-order valence-corrected chi connectivity index (χ1v) is 11.9. The van der Waals surface area contributed by atoms with E-state index in [-0.39, 0.29) is 0 Å². The molecule has 0 aromatic rings. The Hall–Kier alpha value is 1.30. The van der Waals surface area contributed by atoms with E-state index in [9.17, 15) is 0 Å². The van der Waals surface area contributed by atoms with Gasteiger partial charge in [0.1, 0.15) is 0 Å². The average molecular weight is 236 g/mol. The van der Waals surface area contributed by atoms with Gasteiger partial charge in [-0.3, -0.25) is 0 Å². The molecule has 0 aliphatic carbocycles. The maximum Gasteiger partial charge on any atom is 0.263 e. The van der Waals surface area contributed by atoms with E-state index in [1.165, 1.54) is 0 Å². The molecule has 0 rings (SSSR count). The van der Waals surface area contributed by atoms with E-state index < -0.39 is 14.8 Å². The Balaban J connectivity index is 3.89. The molecule has 0 atom stereocenters. The van der Waals surface area contributed by atoms with Gasteiger partial charge in [0.25, 0.3) is 6.69 Å². The van der Waals surface area contributed by atoms with Crippen LogP contribution in [0.15, 0.2) is 0 Å². The molecule has 0 spiro atoms. The maximum atomic E-state index is 6.01. The van der Waals surface area contributed by atoms with Gasteiger partial charge in [0.2, 0.25) is 0 Å². The zero-order valence-corrected chi connectivity index (χ0v) is 10.8. The zero-order valence-electron chi connectivity index (χ0n) is 6.55. The van der Waals surface area contributed by atoms with Crippen molar-refractivity contribution in [3.05, 3.63) is 0 Å². The van der Waals surface area contributed by atoms with Crippen LogP contribution in [-0.4, -0.2) is 20.3 Å². The Kier molecular flexibility index (Phi) is 4.30. The fourth-order valence-electron chi connectivity index (χ4n) is 0.823. The SMILES string of the molecule is C[Si](C)(C)C[Si](Cl)(Cl)CCl. The first-order chi connectivity index (χ1) is 4.27. The molecule has 0 heterocycles.